The highest BCUT2D eigenvalue weighted by atomic mass is 16.5. The number of piperidine rings is 1. The third kappa shape index (κ3) is 2.92. The minimum Gasteiger partial charge on any atom is -0.378 e. The third-order valence-electron chi connectivity index (χ3n) is 5.10. The van der Waals surface area contributed by atoms with E-state index < -0.39 is 0 Å². The number of fused-ring (bicyclic) bond motifs is 1. The van der Waals surface area contributed by atoms with Crippen LogP contribution in [0.15, 0.2) is 0 Å². The zero-order chi connectivity index (χ0) is 14.1. The van der Waals surface area contributed by atoms with Gasteiger partial charge in [-0.1, -0.05) is 0 Å². The third-order valence-corrected chi connectivity index (χ3v) is 5.10. The van der Waals surface area contributed by atoms with Crippen LogP contribution in [0.5, 0.6) is 0 Å². The maximum absolute atomic E-state index is 5.78. The van der Waals surface area contributed by atoms with Gasteiger partial charge in [0, 0.05) is 32.2 Å². The Morgan fingerprint density at radius 3 is 3.05 bits per heavy atom. The summed E-state index contributed by atoms with van der Waals surface area (Å²) in [4.78, 5) is 7.02. The first-order valence-corrected chi connectivity index (χ1v) is 8.40. The molecule has 1 aromatic heterocycles. The van der Waals surface area contributed by atoms with Gasteiger partial charge < -0.3 is 15.0 Å². The van der Waals surface area contributed by atoms with E-state index in [2.05, 4.69) is 20.4 Å². The molecule has 6 heteroatoms. The standard InChI is InChI=1S/C15H25N5O/c1-2-7-21-12(5-1)8-14-17-15(19-18-14)20-9-11-4-3-6-16-13(11)10-20/h11-13,16H,1-10H2,(H,17,18,19). The normalized spacial score (nSPS) is 33.1. The van der Waals surface area contributed by atoms with Crippen LogP contribution in [-0.4, -0.2) is 53.6 Å². The first-order chi connectivity index (χ1) is 10.4. The van der Waals surface area contributed by atoms with E-state index in [9.17, 15) is 0 Å². The van der Waals surface area contributed by atoms with Gasteiger partial charge in [-0.25, -0.2) is 0 Å². The number of hydrogen-bond donors (Lipinski definition) is 2. The number of aromatic amines is 1. The molecular formula is C15H25N5O. The zero-order valence-electron chi connectivity index (χ0n) is 12.6. The molecule has 116 valence electrons. The van der Waals surface area contributed by atoms with Crippen molar-refractivity contribution in [2.75, 3.05) is 31.1 Å². The van der Waals surface area contributed by atoms with E-state index in [1.165, 1.54) is 25.7 Å². The highest BCUT2D eigenvalue weighted by molar-refractivity contribution is 5.32. The van der Waals surface area contributed by atoms with Crippen molar-refractivity contribution in [3.63, 3.8) is 0 Å². The summed E-state index contributed by atoms with van der Waals surface area (Å²) in [6.45, 7) is 4.19. The number of nitrogens with zero attached hydrogens (tertiary/aromatic N) is 3. The van der Waals surface area contributed by atoms with Crippen LogP contribution in [0.1, 0.15) is 37.9 Å². The molecule has 0 aliphatic carbocycles. The van der Waals surface area contributed by atoms with E-state index >= 15 is 0 Å². The number of ether oxygens (including phenoxy) is 1. The molecule has 6 nitrogen and oxygen atoms in total. The molecule has 3 aliphatic heterocycles. The minimum atomic E-state index is 0.322. The molecule has 0 aromatic carbocycles. The van der Waals surface area contributed by atoms with Crippen LogP contribution >= 0.6 is 0 Å². The zero-order valence-corrected chi connectivity index (χ0v) is 12.6. The molecule has 0 radical (unpaired) electrons. The molecule has 0 amide bonds. The van der Waals surface area contributed by atoms with Crippen molar-refractivity contribution in [2.24, 2.45) is 5.92 Å². The molecule has 3 atom stereocenters. The summed E-state index contributed by atoms with van der Waals surface area (Å²) in [6, 6.07) is 0.627. The van der Waals surface area contributed by atoms with Crippen LogP contribution in [0.4, 0.5) is 5.95 Å². The van der Waals surface area contributed by atoms with Gasteiger partial charge in [0.15, 0.2) is 0 Å². The lowest BCUT2D eigenvalue weighted by Crippen LogP contribution is -2.40. The Morgan fingerprint density at radius 2 is 2.19 bits per heavy atom. The van der Waals surface area contributed by atoms with Gasteiger partial charge in [0.2, 0.25) is 5.95 Å². The fourth-order valence-electron chi connectivity index (χ4n) is 3.91. The van der Waals surface area contributed by atoms with Crippen molar-refractivity contribution >= 4 is 5.95 Å². The lowest BCUT2D eigenvalue weighted by molar-refractivity contribution is 0.0157. The summed E-state index contributed by atoms with van der Waals surface area (Å²) in [5.74, 6) is 2.61. The lowest BCUT2D eigenvalue weighted by atomic mass is 9.94. The van der Waals surface area contributed by atoms with E-state index in [-0.39, 0.29) is 0 Å². The van der Waals surface area contributed by atoms with Gasteiger partial charge >= 0.3 is 0 Å². The lowest BCUT2D eigenvalue weighted by Gasteiger charge is -2.24. The molecule has 3 saturated heterocycles. The van der Waals surface area contributed by atoms with Crippen LogP contribution in [-0.2, 0) is 11.2 Å². The van der Waals surface area contributed by atoms with E-state index in [4.69, 9.17) is 9.72 Å². The Morgan fingerprint density at radius 1 is 1.19 bits per heavy atom. The number of nitrogens with one attached hydrogen (secondary N) is 2. The number of anilines is 1. The second-order valence-electron chi connectivity index (χ2n) is 6.64. The number of H-pyrrole nitrogens is 1. The van der Waals surface area contributed by atoms with Crippen molar-refractivity contribution in [3.8, 4) is 0 Å². The Bertz CT molecular complexity index is 456. The van der Waals surface area contributed by atoms with Crippen LogP contribution in [0.2, 0.25) is 0 Å². The molecule has 1 aromatic rings. The first-order valence-electron chi connectivity index (χ1n) is 8.40. The second-order valence-corrected chi connectivity index (χ2v) is 6.64. The van der Waals surface area contributed by atoms with Crippen molar-refractivity contribution in [1.29, 1.82) is 0 Å². The minimum absolute atomic E-state index is 0.322. The molecule has 0 saturated carbocycles. The predicted molar refractivity (Wildman–Crippen MR) is 80.4 cm³/mol. The van der Waals surface area contributed by atoms with Crippen LogP contribution in [0, 0.1) is 5.92 Å². The molecule has 3 unspecified atom stereocenters. The van der Waals surface area contributed by atoms with Crippen LogP contribution < -0.4 is 10.2 Å². The molecule has 3 fully saturated rings. The largest absolute Gasteiger partial charge is 0.378 e. The highest BCUT2D eigenvalue weighted by Crippen LogP contribution is 2.27. The number of aromatic nitrogens is 3. The van der Waals surface area contributed by atoms with Crippen LogP contribution in [0.3, 0.4) is 0 Å². The van der Waals surface area contributed by atoms with E-state index in [1.54, 1.807) is 0 Å². The fraction of sp³-hybridized carbons (Fsp3) is 0.867. The van der Waals surface area contributed by atoms with Crippen molar-refractivity contribution in [1.82, 2.24) is 20.5 Å². The fourth-order valence-corrected chi connectivity index (χ4v) is 3.91. The first kappa shape index (κ1) is 13.5. The molecule has 3 aliphatic rings. The summed E-state index contributed by atoms with van der Waals surface area (Å²) in [7, 11) is 0. The average Bonchev–Trinajstić information content (AvgIpc) is 3.14. The molecule has 4 heterocycles. The van der Waals surface area contributed by atoms with Crippen molar-refractivity contribution in [2.45, 2.75) is 50.7 Å². The highest BCUT2D eigenvalue weighted by Gasteiger charge is 2.35. The monoisotopic (exact) mass is 291 g/mol. The molecule has 0 spiro atoms. The summed E-state index contributed by atoms with van der Waals surface area (Å²) in [5, 5.41) is 11.2. The quantitative estimate of drug-likeness (QED) is 0.873. The Kier molecular flexibility index (Phi) is 3.82. The summed E-state index contributed by atoms with van der Waals surface area (Å²) in [6.07, 6.45) is 7.44. The summed E-state index contributed by atoms with van der Waals surface area (Å²) >= 11 is 0. The molecule has 0 bridgehead atoms. The summed E-state index contributed by atoms with van der Waals surface area (Å²) in [5.41, 5.74) is 0. The average molecular weight is 291 g/mol. The molecule has 4 rings (SSSR count). The topological polar surface area (TPSA) is 66.1 Å². The Labute approximate surface area is 125 Å². The van der Waals surface area contributed by atoms with Crippen molar-refractivity contribution < 1.29 is 4.74 Å². The van der Waals surface area contributed by atoms with E-state index in [1.807, 2.05) is 0 Å². The maximum Gasteiger partial charge on any atom is 0.244 e. The van der Waals surface area contributed by atoms with E-state index in [0.29, 0.717) is 12.1 Å². The van der Waals surface area contributed by atoms with Gasteiger partial charge in [-0.2, -0.15) is 4.98 Å². The Hall–Kier alpha value is -1.14. The predicted octanol–water partition coefficient (Wildman–Crippen LogP) is 1.10. The van der Waals surface area contributed by atoms with E-state index in [0.717, 1.165) is 56.8 Å². The summed E-state index contributed by atoms with van der Waals surface area (Å²) < 4.78 is 5.78. The smallest absolute Gasteiger partial charge is 0.244 e. The maximum atomic E-state index is 5.78. The van der Waals surface area contributed by atoms with Gasteiger partial charge in [0.05, 0.1) is 6.10 Å². The van der Waals surface area contributed by atoms with Gasteiger partial charge in [-0.3, -0.25) is 5.10 Å². The van der Waals surface area contributed by atoms with Gasteiger partial charge in [-0.15, -0.1) is 5.10 Å². The van der Waals surface area contributed by atoms with Gasteiger partial charge in [-0.05, 0) is 44.6 Å². The SMILES string of the molecule is C1CCC(Cc2nc(N3CC4CCCNC4C3)n[nH]2)OC1. The van der Waals surface area contributed by atoms with Gasteiger partial charge in [0.1, 0.15) is 5.82 Å². The van der Waals surface area contributed by atoms with Crippen molar-refractivity contribution in [3.05, 3.63) is 5.82 Å². The molecule has 21 heavy (non-hydrogen) atoms. The number of hydrogen-bond acceptors (Lipinski definition) is 5. The van der Waals surface area contributed by atoms with Crippen LogP contribution in [0.25, 0.3) is 0 Å². The second kappa shape index (κ2) is 5.93. The molecule has 2 N–H and O–H groups in total. The number of rotatable bonds is 3. The molecular weight excluding hydrogens is 266 g/mol. The van der Waals surface area contributed by atoms with Gasteiger partial charge in [0.25, 0.3) is 0 Å². The Balaban J connectivity index is 1.38.